The zero-order valence-electron chi connectivity index (χ0n) is 6.29. The normalized spacial score (nSPS) is 13.9. The molecule has 0 radical (unpaired) electrons. The molecular weight excluding hydrogens is 150 g/mol. The van der Waals surface area contributed by atoms with Gasteiger partial charge >= 0.3 is 0 Å². The molecule has 7 N–H and O–H groups in total. The Bertz CT molecular complexity index is 86.6. The molecule has 0 aromatic rings. The summed E-state index contributed by atoms with van der Waals surface area (Å²) in [4.78, 5) is 0. The van der Waals surface area contributed by atoms with Crippen LogP contribution >= 0.6 is 0 Å². The Morgan fingerprint density at radius 1 is 1.36 bits per heavy atom. The van der Waals surface area contributed by atoms with Gasteiger partial charge in [-0.25, -0.2) is 0 Å². The number of nitrogens with two attached hydrogens (primary N) is 2. The summed E-state index contributed by atoms with van der Waals surface area (Å²) in [7, 11) is 0. The summed E-state index contributed by atoms with van der Waals surface area (Å²) in [6.45, 7) is 1.49. The number of quaternary nitrogens is 1. The van der Waals surface area contributed by atoms with Crippen LogP contribution in [0.4, 0.5) is 0 Å². The van der Waals surface area contributed by atoms with Gasteiger partial charge in [-0.1, -0.05) is 0 Å². The van der Waals surface area contributed by atoms with Gasteiger partial charge in [0.1, 0.15) is 0 Å². The minimum atomic E-state index is -0.569. The highest BCUT2D eigenvalue weighted by atomic mass is 16.7. The van der Waals surface area contributed by atoms with Crippen LogP contribution in [0.3, 0.4) is 0 Å². The molecule has 0 aromatic carbocycles. The zero-order chi connectivity index (χ0) is 8.69. The molecule has 0 saturated carbocycles. The van der Waals surface area contributed by atoms with Crippen LogP contribution in [0.1, 0.15) is 0 Å². The second-order valence-corrected chi connectivity index (χ2v) is 1.98. The van der Waals surface area contributed by atoms with Crippen LogP contribution in [0, 0.1) is 5.21 Å². The van der Waals surface area contributed by atoms with Crippen LogP contribution in [0.5, 0.6) is 0 Å². The van der Waals surface area contributed by atoms with E-state index in [0.717, 1.165) is 0 Å². The summed E-state index contributed by atoms with van der Waals surface area (Å²) in [6.07, 6.45) is 0. The molecule has 1 atom stereocenters. The van der Waals surface area contributed by atoms with Crippen molar-refractivity contribution < 1.29 is 10.5 Å². The monoisotopic (exact) mass is 165 g/mol. The van der Waals surface area contributed by atoms with Gasteiger partial charge < -0.3 is 16.7 Å². The summed E-state index contributed by atoms with van der Waals surface area (Å²) in [6, 6.07) is 0. The van der Waals surface area contributed by atoms with Crippen molar-refractivity contribution in [2.75, 3.05) is 26.2 Å². The Hall–Kier alpha value is -0.280. The summed E-state index contributed by atoms with van der Waals surface area (Å²) in [5.74, 6) is 0. The van der Waals surface area contributed by atoms with Crippen LogP contribution in [0.2, 0.25) is 0 Å². The van der Waals surface area contributed by atoms with Gasteiger partial charge in [0.05, 0.1) is 13.1 Å². The molecule has 1 unspecified atom stereocenters. The molecule has 7 heteroatoms. The quantitative estimate of drug-likeness (QED) is 0.260. The predicted octanol–water partition coefficient (Wildman–Crippen LogP) is -3.60. The Kier molecular flexibility index (Phi) is 6.27. The first-order chi connectivity index (χ1) is 5.26. The van der Waals surface area contributed by atoms with Gasteiger partial charge in [-0.05, 0) is 5.59 Å². The number of hydrogen-bond acceptors (Lipinski definition) is 6. The van der Waals surface area contributed by atoms with Crippen molar-refractivity contribution in [1.82, 2.24) is 10.6 Å². The number of nitrogens with zero attached hydrogens (tertiary/aromatic N) is 1. The van der Waals surface area contributed by atoms with Crippen molar-refractivity contribution in [3.05, 3.63) is 5.21 Å². The molecule has 0 aliphatic rings. The van der Waals surface area contributed by atoms with E-state index in [1.54, 1.807) is 0 Å². The topological polar surface area (TPSA) is 115 Å². The van der Waals surface area contributed by atoms with E-state index in [0.29, 0.717) is 26.2 Å². The first-order valence-corrected chi connectivity index (χ1v) is 3.35. The Labute approximate surface area is 65.0 Å². The lowest BCUT2D eigenvalue weighted by Gasteiger charge is -2.29. The van der Waals surface area contributed by atoms with Crippen molar-refractivity contribution in [2.24, 2.45) is 11.5 Å². The average Bonchev–Trinajstić information content (AvgIpc) is 2.03. The van der Waals surface area contributed by atoms with Gasteiger partial charge in [0.25, 0.3) is 0 Å². The molecular formula is C4H15N5O2. The summed E-state index contributed by atoms with van der Waals surface area (Å²) >= 11 is 0. The van der Waals surface area contributed by atoms with Crippen molar-refractivity contribution >= 4 is 0 Å². The Morgan fingerprint density at radius 3 is 2.09 bits per heavy atom. The van der Waals surface area contributed by atoms with E-state index in [4.69, 9.17) is 16.7 Å². The highest BCUT2D eigenvalue weighted by molar-refractivity contribution is 4.45. The molecule has 0 spiro atoms. The molecule has 0 amide bonds. The lowest BCUT2D eigenvalue weighted by atomic mass is 10.5. The van der Waals surface area contributed by atoms with E-state index < -0.39 is 5.28 Å². The van der Waals surface area contributed by atoms with Crippen molar-refractivity contribution in [1.29, 1.82) is 0 Å². The highest BCUT2D eigenvalue weighted by Crippen LogP contribution is 1.70. The molecule has 0 fully saturated rings. The third kappa shape index (κ3) is 4.22. The van der Waals surface area contributed by atoms with Gasteiger partial charge in [-0.2, -0.15) is 5.28 Å². The molecule has 11 heavy (non-hydrogen) atoms. The number of hydrogen-bond donors (Lipinski definition) is 5. The molecule has 0 aromatic heterocycles. The first-order valence-electron chi connectivity index (χ1n) is 3.35. The second-order valence-electron chi connectivity index (χ2n) is 1.98. The lowest BCUT2D eigenvalue weighted by molar-refractivity contribution is -1.03. The second kappa shape index (κ2) is 6.43. The minimum absolute atomic E-state index is 0.355. The number of rotatable bonds is 6. The van der Waals surface area contributed by atoms with E-state index in [-0.39, 0.29) is 0 Å². The Balaban J connectivity index is 3.66. The molecule has 0 bridgehead atoms. The minimum Gasteiger partial charge on any atom is -0.591 e. The van der Waals surface area contributed by atoms with E-state index >= 15 is 0 Å². The SMILES string of the molecule is NCCN(CCN)[NH+]([O-])NO. The fraction of sp³-hybridized carbons (Fsp3) is 1.00. The molecule has 0 rings (SSSR count). The maximum absolute atomic E-state index is 10.7. The highest BCUT2D eigenvalue weighted by Gasteiger charge is 2.08. The van der Waals surface area contributed by atoms with E-state index in [9.17, 15) is 5.21 Å². The van der Waals surface area contributed by atoms with E-state index in [2.05, 4.69) is 0 Å². The average molecular weight is 165 g/mol. The summed E-state index contributed by atoms with van der Waals surface area (Å²) < 4.78 is 0. The van der Waals surface area contributed by atoms with Crippen LogP contribution in [-0.4, -0.2) is 36.4 Å². The fourth-order valence-corrected chi connectivity index (χ4v) is 0.697. The third-order valence-electron chi connectivity index (χ3n) is 1.18. The maximum Gasteiger partial charge on any atom is 0.0622 e. The van der Waals surface area contributed by atoms with Gasteiger partial charge in [0.2, 0.25) is 0 Å². The Morgan fingerprint density at radius 2 is 1.82 bits per heavy atom. The molecule has 0 aliphatic carbocycles. The first kappa shape index (κ1) is 10.7. The smallest absolute Gasteiger partial charge is 0.0622 e. The van der Waals surface area contributed by atoms with Gasteiger partial charge in [-0.15, -0.1) is 5.01 Å². The fourth-order valence-electron chi connectivity index (χ4n) is 0.697. The third-order valence-corrected chi connectivity index (χ3v) is 1.18. The zero-order valence-corrected chi connectivity index (χ0v) is 6.29. The van der Waals surface area contributed by atoms with Crippen LogP contribution in [-0.2, 0) is 0 Å². The van der Waals surface area contributed by atoms with E-state index in [1.165, 1.54) is 10.6 Å². The molecule has 7 nitrogen and oxygen atoms in total. The van der Waals surface area contributed by atoms with Crippen LogP contribution < -0.4 is 22.3 Å². The van der Waals surface area contributed by atoms with Gasteiger partial charge in [-0.3, -0.25) is 5.21 Å². The van der Waals surface area contributed by atoms with Crippen molar-refractivity contribution in [2.45, 2.75) is 0 Å². The summed E-state index contributed by atoms with van der Waals surface area (Å²) in [5, 5.41) is 19.7. The molecule has 0 heterocycles. The van der Waals surface area contributed by atoms with Crippen LogP contribution in [0.25, 0.3) is 0 Å². The van der Waals surface area contributed by atoms with Gasteiger partial charge in [0.15, 0.2) is 0 Å². The molecule has 0 saturated heterocycles. The van der Waals surface area contributed by atoms with Gasteiger partial charge in [0, 0.05) is 13.1 Å². The summed E-state index contributed by atoms with van der Waals surface area (Å²) in [5.41, 5.74) is 11.9. The maximum atomic E-state index is 10.7. The van der Waals surface area contributed by atoms with E-state index in [1.807, 2.05) is 0 Å². The largest absolute Gasteiger partial charge is 0.591 e. The lowest BCUT2D eigenvalue weighted by Crippen LogP contribution is -3.20. The predicted molar refractivity (Wildman–Crippen MR) is 38.9 cm³/mol. The standard InChI is InChI=1S/C4H15N5O2/c5-1-3-8(4-2-6)9(11)7-10/h7,9-10H,1-6H2. The van der Waals surface area contributed by atoms with Crippen molar-refractivity contribution in [3.63, 3.8) is 0 Å². The molecule has 68 valence electrons. The molecule has 0 aliphatic heterocycles. The van der Waals surface area contributed by atoms with Crippen molar-refractivity contribution in [3.8, 4) is 0 Å². The number of nitrogens with one attached hydrogen (secondary N) is 2. The van der Waals surface area contributed by atoms with Crippen LogP contribution in [0.15, 0.2) is 0 Å².